The minimum atomic E-state index is -0.410. The molecule has 1 amide bonds. The Morgan fingerprint density at radius 3 is 2.63 bits per heavy atom. The van der Waals surface area contributed by atoms with E-state index >= 15 is 0 Å². The van der Waals surface area contributed by atoms with Gasteiger partial charge >= 0.3 is 0 Å². The van der Waals surface area contributed by atoms with E-state index in [4.69, 9.17) is 9.47 Å². The molecule has 0 aliphatic heterocycles. The van der Waals surface area contributed by atoms with Crippen LogP contribution < -0.4 is 10.1 Å². The van der Waals surface area contributed by atoms with E-state index in [-0.39, 0.29) is 18.1 Å². The summed E-state index contributed by atoms with van der Waals surface area (Å²) in [6.45, 7) is 7.72. The molecule has 0 aliphatic rings. The van der Waals surface area contributed by atoms with Gasteiger partial charge in [0.05, 0.1) is 17.9 Å². The van der Waals surface area contributed by atoms with Crippen LogP contribution in [-0.2, 0) is 9.53 Å². The van der Waals surface area contributed by atoms with Crippen LogP contribution >= 0.6 is 0 Å². The highest BCUT2D eigenvalue weighted by Gasteiger charge is 2.14. The zero-order chi connectivity index (χ0) is 14.5. The van der Waals surface area contributed by atoms with Gasteiger partial charge in [0.2, 0.25) is 5.91 Å². The zero-order valence-electron chi connectivity index (χ0n) is 11.7. The number of ether oxygens (including phenoxy) is 2. The molecule has 0 spiro atoms. The monoisotopic (exact) mass is 269 g/mol. The number of amides is 1. The lowest BCUT2D eigenvalue weighted by Gasteiger charge is -2.19. The van der Waals surface area contributed by atoms with Crippen LogP contribution in [0.2, 0.25) is 0 Å². The van der Waals surface area contributed by atoms with Crippen LogP contribution in [0.3, 0.4) is 0 Å². The van der Waals surface area contributed by atoms with Gasteiger partial charge in [-0.3, -0.25) is 4.79 Å². The third-order valence-corrected chi connectivity index (χ3v) is 2.15. The van der Waals surface area contributed by atoms with Crippen molar-refractivity contribution >= 4 is 11.6 Å². The third kappa shape index (κ3) is 5.70. The molecule has 19 heavy (non-hydrogen) atoms. The smallest absolute Gasteiger partial charge is 0.250 e. The summed E-state index contributed by atoms with van der Waals surface area (Å²) < 4.78 is 23.7. The summed E-state index contributed by atoms with van der Waals surface area (Å²) >= 11 is 0. The van der Waals surface area contributed by atoms with Gasteiger partial charge in [-0.25, -0.2) is 4.39 Å². The van der Waals surface area contributed by atoms with Crippen molar-refractivity contribution in [2.45, 2.75) is 33.3 Å². The van der Waals surface area contributed by atoms with Crippen molar-refractivity contribution in [2.75, 3.05) is 18.5 Å². The van der Waals surface area contributed by atoms with Gasteiger partial charge in [0, 0.05) is 6.07 Å². The Kier molecular flexibility index (Phi) is 5.30. The first-order valence-electron chi connectivity index (χ1n) is 6.18. The average molecular weight is 269 g/mol. The van der Waals surface area contributed by atoms with E-state index in [0.29, 0.717) is 18.0 Å². The fourth-order valence-corrected chi connectivity index (χ4v) is 1.34. The number of carbonyl (C=O) groups is 1. The summed E-state index contributed by atoms with van der Waals surface area (Å²) in [6.07, 6.45) is 0. The Morgan fingerprint density at radius 1 is 1.37 bits per heavy atom. The van der Waals surface area contributed by atoms with E-state index < -0.39 is 5.82 Å². The molecule has 4 nitrogen and oxygen atoms in total. The van der Waals surface area contributed by atoms with E-state index in [1.54, 1.807) is 6.92 Å². The summed E-state index contributed by atoms with van der Waals surface area (Å²) in [5.41, 5.74) is 0.0499. The van der Waals surface area contributed by atoms with E-state index in [9.17, 15) is 9.18 Å². The summed E-state index contributed by atoms with van der Waals surface area (Å²) in [5, 5.41) is 2.64. The van der Waals surface area contributed by atoms with Crippen molar-refractivity contribution in [3.05, 3.63) is 24.0 Å². The predicted octanol–water partition coefficient (Wildman–Crippen LogP) is 2.98. The van der Waals surface area contributed by atoms with Crippen LogP contribution in [-0.4, -0.2) is 24.7 Å². The maximum atomic E-state index is 13.1. The van der Waals surface area contributed by atoms with Crippen molar-refractivity contribution in [3.63, 3.8) is 0 Å². The molecule has 0 saturated heterocycles. The molecule has 1 N–H and O–H groups in total. The highest BCUT2D eigenvalue weighted by Crippen LogP contribution is 2.25. The Morgan fingerprint density at radius 2 is 2.05 bits per heavy atom. The zero-order valence-corrected chi connectivity index (χ0v) is 11.7. The third-order valence-electron chi connectivity index (χ3n) is 2.15. The summed E-state index contributed by atoms with van der Waals surface area (Å²) in [5.74, 6) is -0.401. The topological polar surface area (TPSA) is 47.6 Å². The second-order valence-corrected chi connectivity index (χ2v) is 5.02. The lowest BCUT2D eigenvalue weighted by atomic mass is 10.2. The number of hydrogen-bond acceptors (Lipinski definition) is 3. The molecule has 0 radical (unpaired) electrons. The number of anilines is 1. The van der Waals surface area contributed by atoms with Crippen LogP contribution in [0.1, 0.15) is 27.7 Å². The van der Waals surface area contributed by atoms with Gasteiger partial charge in [0.25, 0.3) is 0 Å². The molecule has 0 bridgehead atoms. The first-order valence-corrected chi connectivity index (χ1v) is 6.18. The van der Waals surface area contributed by atoms with Crippen molar-refractivity contribution in [3.8, 4) is 5.75 Å². The maximum absolute atomic E-state index is 13.1. The predicted molar refractivity (Wildman–Crippen MR) is 71.9 cm³/mol. The molecule has 1 aromatic rings. The second-order valence-electron chi connectivity index (χ2n) is 5.02. The van der Waals surface area contributed by atoms with E-state index in [0.717, 1.165) is 0 Å². The second kappa shape index (κ2) is 6.52. The number of benzene rings is 1. The molecule has 0 saturated carbocycles. The molecule has 0 aromatic heterocycles. The summed E-state index contributed by atoms with van der Waals surface area (Å²) in [7, 11) is 0. The van der Waals surface area contributed by atoms with E-state index in [2.05, 4.69) is 5.32 Å². The van der Waals surface area contributed by atoms with Crippen molar-refractivity contribution in [2.24, 2.45) is 0 Å². The minimum absolute atomic E-state index is 0.0631. The van der Waals surface area contributed by atoms with E-state index in [1.807, 2.05) is 20.8 Å². The maximum Gasteiger partial charge on any atom is 0.250 e. The summed E-state index contributed by atoms with van der Waals surface area (Å²) in [6, 6.07) is 3.97. The first kappa shape index (κ1) is 15.4. The lowest BCUT2D eigenvalue weighted by Crippen LogP contribution is -2.27. The fourth-order valence-electron chi connectivity index (χ4n) is 1.34. The van der Waals surface area contributed by atoms with Crippen molar-refractivity contribution in [1.29, 1.82) is 0 Å². The normalized spacial score (nSPS) is 11.2. The number of carbonyl (C=O) groups excluding carboxylic acids is 1. The standard InChI is InChI=1S/C14H20FNO3/c1-5-18-12-8-10(15)6-7-11(12)16-13(17)9-19-14(2,3)4/h6-8H,5,9H2,1-4H3,(H,16,17). The molecule has 1 aromatic carbocycles. The van der Waals surface area contributed by atoms with Crippen LogP contribution in [0.4, 0.5) is 10.1 Å². The molecule has 5 heteroatoms. The largest absolute Gasteiger partial charge is 0.492 e. The molecule has 1 rings (SSSR count). The van der Waals surface area contributed by atoms with Crippen LogP contribution in [0, 0.1) is 5.82 Å². The van der Waals surface area contributed by atoms with Gasteiger partial charge < -0.3 is 14.8 Å². The molecule has 0 aliphatic carbocycles. The summed E-state index contributed by atoms with van der Waals surface area (Å²) in [4.78, 5) is 11.7. The van der Waals surface area contributed by atoms with Gasteiger partial charge in [0.1, 0.15) is 18.2 Å². The van der Waals surface area contributed by atoms with Crippen LogP contribution in [0.25, 0.3) is 0 Å². The minimum Gasteiger partial charge on any atom is -0.492 e. The molecule has 106 valence electrons. The number of halogens is 1. The van der Waals surface area contributed by atoms with Gasteiger partial charge in [-0.1, -0.05) is 0 Å². The van der Waals surface area contributed by atoms with Crippen molar-refractivity contribution in [1.82, 2.24) is 0 Å². The molecule has 0 fully saturated rings. The van der Waals surface area contributed by atoms with Gasteiger partial charge in [0.15, 0.2) is 0 Å². The fraction of sp³-hybridized carbons (Fsp3) is 0.500. The highest BCUT2D eigenvalue weighted by atomic mass is 19.1. The van der Waals surface area contributed by atoms with Gasteiger partial charge in [-0.15, -0.1) is 0 Å². The SMILES string of the molecule is CCOc1cc(F)ccc1NC(=O)COC(C)(C)C. The molecule has 0 atom stereocenters. The Bertz CT molecular complexity index is 441. The molecule has 0 unspecified atom stereocenters. The Balaban J connectivity index is 2.68. The Labute approximate surface area is 112 Å². The van der Waals surface area contributed by atoms with E-state index in [1.165, 1.54) is 18.2 Å². The molecule has 0 heterocycles. The quantitative estimate of drug-likeness (QED) is 0.894. The molecular formula is C14H20FNO3. The highest BCUT2D eigenvalue weighted by molar-refractivity contribution is 5.93. The van der Waals surface area contributed by atoms with Crippen LogP contribution in [0.15, 0.2) is 18.2 Å². The number of rotatable bonds is 5. The lowest BCUT2D eigenvalue weighted by molar-refractivity contribution is -0.125. The molecular weight excluding hydrogens is 249 g/mol. The van der Waals surface area contributed by atoms with Crippen LogP contribution in [0.5, 0.6) is 5.75 Å². The van der Waals surface area contributed by atoms with Crippen molar-refractivity contribution < 1.29 is 18.7 Å². The number of hydrogen-bond donors (Lipinski definition) is 1. The number of nitrogens with one attached hydrogen (secondary N) is 1. The first-order chi connectivity index (χ1) is 8.81. The van der Waals surface area contributed by atoms with Gasteiger partial charge in [-0.05, 0) is 39.8 Å². The Hall–Kier alpha value is -1.62. The van der Waals surface area contributed by atoms with Gasteiger partial charge in [-0.2, -0.15) is 0 Å². The average Bonchev–Trinajstić information content (AvgIpc) is 2.30.